The van der Waals surface area contributed by atoms with E-state index in [4.69, 9.17) is 10.6 Å². The largest absolute Gasteiger partial charge is 0.384 e. The van der Waals surface area contributed by atoms with E-state index in [-0.39, 0.29) is 18.3 Å². The number of amides is 1. The fourth-order valence-electron chi connectivity index (χ4n) is 4.15. The van der Waals surface area contributed by atoms with Crippen LogP contribution in [-0.2, 0) is 22.6 Å². The van der Waals surface area contributed by atoms with Crippen molar-refractivity contribution in [3.63, 3.8) is 0 Å². The van der Waals surface area contributed by atoms with Gasteiger partial charge in [0.05, 0.1) is 0 Å². The quantitative estimate of drug-likeness (QED) is 0.275. The Labute approximate surface area is 207 Å². The number of pyridine rings is 1. The Kier molecular flexibility index (Phi) is 8.70. The Morgan fingerprint density at radius 3 is 2.29 bits per heavy atom. The van der Waals surface area contributed by atoms with Crippen LogP contribution in [0.15, 0.2) is 84.1 Å². The van der Waals surface area contributed by atoms with Crippen molar-refractivity contribution < 1.29 is 9.63 Å². The van der Waals surface area contributed by atoms with Crippen molar-refractivity contribution in [2.75, 3.05) is 31.1 Å². The minimum absolute atomic E-state index is 0.139. The first-order valence-electron chi connectivity index (χ1n) is 12.2. The molecule has 1 aliphatic heterocycles. The van der Waals surface area contributed by atoms with Crippen molar-refractivity contribution in [1.29, 1.82) is 0 Å². The second-order valence-electron chi connectivity index (χ2n) is 8.74. The summed E-state index contributed by atoms with van der Waals surface area (Å²) in [5.74, 6) is 1.02. The highest BCUT2D eigenvalue weighted by atomic mass is 16.6. The van der Waals surface area contributed by atoms with Crippen molar-refractivity contribution in [3.8, 4) is 0 Å². The third-order valence-electron chi connectivity index (χ3n) is 6.16. The van der Waals surface area contributed by atoms with E-state index >= 15 is 0 Å². The van der Waals surface area contributed by atoms with Crippen LogP contribution in [0.25, 0.3) is 0 Å². The molecule has 1 aliphatic rings. The van der Waals surface area contributed by atoms with Crippen LogP contribution < -0.4 is 10.6 Å². The number of rotatable bonds is 10. The lowest BCUT2D eigenvalue weighted by molar-refractivity contribution is -0.136. The topological polar surface area (TPSA) is 84.0 Å². The average molecular weight is 472 g/mol. The van der Waals surface area contributed by atoms with Crippen molar-refractivity contribution in [2.45, 2.75) is 32.2 Å². The van der Waals surface area contributed by atoms with Gasteiger partial charge in [-0.15, -0.1) is 0 Å². The van der Waals surface area contributed by atoms with Gasteiger partial charge in [0.1, 0.15) is 5.82 Å². The van der Waals surface area contributed by atoms with Crippen LogP contribution in [0.5, 0.6) is 0 Å². The van der Waals surface area contributed by atoms with Crippen LogP contribution >= 0.6 is 0 Å². The van der Waals surface area contributed by atoms with Crippen LogP contribution in [0.2, 0.25) is 0 Å². The fourth-order valence-corrected chi connectivity index (χ4v) is 4.15. The number of hydrogen-bond acceptors (Lipinski definition) is 5. The van der Waals surface area contributed by atoms with Gasteiger partial charge in [-0.1, -0.05) is 65.8 Å². The van der Waals surface area contributed by atoms with Gasteiger partial charge < -0.3 is 20.4 Å². The Balaban J connectivity index is 1.34. The Morgan fingerprint density at radius 2 is 1.63 bits per heavy atom. The second kappa shape index (κ2) is 12.6. The van der Waals surface area contributed by atoms with E-state index in [1.807, 2.05) is 60.7 Å². The van der Waals surface area contributed by atoms with E-state index < -0.39 is 0 Å². The monoisotopic (exact) mass is 471 g/mol. The van der Waals surface area contributed by atoms with Crippen LogP contribution in [0.3, 0.4) is 0 Å². The number of nitrogens with zero attached hydrogens (tertiary/aromatic N) is 4. The molecule has 2 N–H and O–H groups in total. The molecule has 35 heavy (non-hydrogen) atoms. The zero-order valence-corrected chi connectivity index (χ0v) is 20.1. The molecular weight excluding hydrogens is 438 g/mol. The number of aromatic nitrogens is 1. The number of anilines is 1. The van der Waals surface area contributed by atoms with Crippen molar-refractivity contribution in [1.82, 2.24) is 9.88 Å². The van der Waals surface area contributed by atoms with Crippen LogP contribution in [0.4, 0.5) is 5.82 Å². The molecule has 0 saturated carbocycles. The second-order valence-corrected chi connectivity index (χ2v) is 8.74. The number of amidine groups is 1. The molecule has 3 aromatic rings. The first-order valence-corrected chi connectivity index (χ1v) is 12.2. The summed E-state index contributed by atoms with van der Waals surface area (Å²) < 4.78 is 0. The number of nitrogens with two attached hydrogens (primary N) is 1. The van der Waals surface area contributed by atoms with E-state index in [2.05, 4.69) is 27.2 Å². The van der Waals surface area contributed by atoms with E-state index in [0.29, 0.717) is 18.7 Å². The summed E-state index contributed by atoms with van der Waals surface area (Å²) >= 11 is 0. The molecule has 1 saturated heterocycles. The third-order valence-corrected chi connectivity index (χ3v) is 6.16. The summed E-state index contributed by atoms with van der Waals surface area (Å²) in [4.78, 5) is 27.0. The third kappa shape index (κ3) is 7.30. The van der Waals surface area contributed by atoms with Gasteiger partial charge in [-0.2, -0.15) is 0 Å². The standard InChI is InChI=1S/C28H33N5O2/c29-28(25-14-15-26(30-20-25)32-17-8-3-9-18-32)31-35-22-27(34)33(21-24-12-6-2-7-13-24)19-16-23-10-4-1-5-11-23/h1-2,4-7,10-15,20H,3,8-9,16-19,21-22H2,(H2,29,31). The first kappa shape index (κ1) is 24.3. The SMILES string of the molecule is N/C(=N/OCC(=O)N(CCc1ccccc1)Cc1ccccc1)c1ccc(N2CCCCC2)nc1. The molecule has 0 atom stereocenters. The lowest BCUT2D eigenvalue weighted by Crippen LogP contribution is -2.35. The molecule has 7 heteroatoms. The van der Waals surface area contributed by atoms with Crippen molar-refractivity contribution in [3.05, 3.63) is 95.7 Å². The number of piperidine rings is 1. The summed E-state index contributed by atoms with van der Waals surface area (Å²) in [6.45, 7) is 2.98. The van der Waals surface area contributed by atoms with Gasteiger partial charge in [-0.3, -0.25) is 4.79 Å². The number of benzene rings is 2. The molecule has 0 spiro atoms. The summed E-state index contributed by atoms with van der Waals surface area (Å²) in [6, 6.07) is 23.9. The van der Waals surface area contributed by atoms with Crippen molar-refractivity contribution in [2.24, 2.45) is 10.9 Å². The molecular formula is C28H33N5O2. The molecule has 7 nitrogen and oxygen atoms in total. The van der Waals surface area contributed by atoms with Gasteiger partial charge in [0.15, 0.2) is 12.4 Å². The van der Waals surface area contributed by atoms with E-state index in [0.717, 1.165) is 30.9 Å². The fraction of sp³-hybridized carbons (Fsp3) is 0.321. The van der Waals surface area contributed by atoms with Gasteiger partial charge in [0, 0.05) is 37.9 Å². The van der Waals surface area contributed by atoms with Gasteiger partial charge in [0.2, 0.25) is 0 Å². The van der Waals surface area contributed by atoms with Gasteiger partial charge >= 0.3 is 0 Å². The molecule has 1 fully saturated rings. The number of carbonyl (C=O) groups excluding carboxylic acids is 1. The highest BCUT2D eigenvalue weighted by molar-refractivity contribution is 5.97. The molecule has 2 aromatic carbocycles. The average Bonchev–Trinajstić information content (AvgIpc) is 2.92. The van der Waals surface area contributed by atoms with E-state index in [9.17, 15) is 4.79 Å². The zero-order chi connectivity index (χ0) is 24.3. The number of hydrogen-bond donors (Lipinski definition) is 1. The van der Waals surface area contributed by atoms with Crippen LogP contribution in [0, 0.1) is 0 Å². The highest BCUT2D eigenvalue weighted by Crippen LogP contribution is 2.17. The molecule has 4 rings (SSSR count). The smallest absolute Gasteiger partial charge is 0.263 e. The maximum absolute atomic E-state index is 13.0. The predicted octanol–water partition coefficient (Wildman–Crippen LogP) is 3.98. The minimum atomic E-state index is -0.179. The lowest BCUT2D eigenvalue weighted by Gasteiger charge is -2.27. The number of carbonyl (C=O) groups is 1. The predicted molar refractivity (Wildman–Crippen MR) is 139 cm³/mol. The maximum atomic E-state index is 13.0. The first-order chi connectivity index (χ1) is 17.2. The number of oxime groups is 1. The summed E-state index contributed by atoms with van der Waals surface area (Å²) in [5.41, 5.74) is 9.01. The molecule has 1 amide bonds. The molecule has 0 unspecified atom stereocenters. The molecule has 1 aromatic heterocycles. The van der Waals surface area contributed by atoms with Crippen molar-refractivity contribution >= 4 is 17.6 Å². The minimum Gasteiger partial charge on any atom is -0.384 e. The Hall–Kier alpha value is -3.87. The van der Waals surface area contributed by atoms with E-state index in [1.54, 1.807) is 11.1 Å². The maximum Gasteiger partial charge on any atom is 0.263 e. The molecule has 0 bridgehead atoms. The zero-order valence-electron chi connectivity index (χ0n) is 20.1. The normalized spacial score (nSPS) is 13.9. The molecule has 0 aliphatic carbocycles. The summed E-state index contributed by atoms with van der Waals surface area (Å²) in [7, 11) is 0. The Morgan fingerprint density at radius 1 is 0.943 bits per heavy atom. The summed E-state index contributed by atoms with van der Waals surface area (Å²) in [6.07, 6.45) is 6.14. The highest BCUT2D eigenvalue weighted by Gasteiger charge is 2.16. The van der Waals surface area contributed by atoms with Gasteiger partial charge in [0.25, 0.3) is 5.91 Å². The van der Waals surface area contributed by atoms with Crippen LogP contribution in [0.1, 0.15) is 36.0 Å². The summed E-state index contributed by atoms with van der Waals surface area (Å²) in [5, 5.41) is 3.98. The van der Waals surface area contributed by atoms with Gasteiger partial charge in [-0.05, 0) is 48.9 Å². The lowest BCUT2D eigenvalue weighted by atomic mass is 10.1. The molecule has 0 radical (unpaired) electrons. The molecule has 2 heterocycles. The van der Waals surface area contributed by atoms with Crippen LogP contribution in [-0.4, -0.2) is 47.9 Å². The molecule has 182 valence electrons. The van der Waals surface area contributed by atoms with Gasteiger partial charge in [-0.25, -0.2) is 4.98 Å². The Bertz CT molecular complexity index is 1080. The van der Waals surface area contributed by atoms with E-state index in [1.165, 1.54) is 24.8 Å².